The van der Waals surface area contributed by atoms with Gasteiger partial charge in [0.2, 0.25) is 5.91 Å². The molecule has 2 N–H and O–H groups in total. The third kappa shape index (κ3) is 5.02. The topological polar surface area (TPSA) is 80.3 Å². The molecule has 0 aliphatic heterocycles. The highest BCUT2D eigenvalue weighted by Crippen LogP contribution is 2.29. The van der Waals surface area contributed by atoms with Crippen LogP contribution in [0, 0.1) is 13.8 Å². The molecule has 0 radical (unpaired) electrons. The molecule has 8 heteroatoms. The number of hydrogen-bond donors (Lipinski definition) is 2. The van der Waals surface area contributed by atoms with Crippen molar-refractivity contribution in [3.8, 4) is 5.75 Å². The number of carbonyl (C=O) groups excluding carboxylic acids is 2. The minimum atomic E-state index is -0.738. The van der Waals surface area contributed by atoms with Crippen molar-refractivity contribution in [1.29, 1.82) is 0 Å². The molecule has 6 nitrogen and oxygen atoms in total. The molecule has 3 rings (SSSR count). The van der Waals surface area contributed by atoms with E-state index in [1.807, 2.05) is 56.3 Å². The molecule has 146 valence electrons. The lowest BCUT2D eigenvalue weighted by Gasteiger charge is -2.17. The maximum atomic E-state index is 12.2. The van der Waals surface area contributed by atoms with Gasteiger partial charge >= 0.3 is 0 Å². The second-order valence-corrected chi connectivity index (χ2v) is 8.48. The van der Waals surface area contributed by atoms with E-state index in [1.54, 1.807) is 6.92 Å². The zero-order valence-electron chi connectivity index (χ0n) is 15.8. The van der Waals surface area contributed by atoms with E-state index < -0.39 is 12.0 Å². The lowest BCUT2D eigenvalue weighted by molar-refractivity contribution is -0.131. The van der Waals surface area contributed by atoms with E-state index in [0.717, 1.165) is 25.7 Å². The summed E-state index contributed by atoms with van der Waals surface area (Å²) in [4.78, 5) is 28.6. The Morgan fingerprint density at radius 3 is 2.71 bits per heavy atom. The van der Waals surface area contributed by atoms with Crippen molar-refractivity contribution < 1.29 is 14.3 Å². The van der Waals surface area contributed by atoms with Gasteiger partial charge in [-0.2, -0.15) is 0 Å². The maximum Gasteiger partial charge on any atom is 0.279 e. The molecule has 0 bridgehead atoms. The van der Waals surface area contributed by atoms with Gasteiger partial charge in [-0.1, -0.05) is 36.0 Å². The summed E-state index contributed by atoms with van der Waals surface area (Å²) in [5.74, 6) is 0.0860. The number of benzene rings is 2. The van der Waals surface area contributed by atoms with E-state index in [4.69, 9.17) is 4.74 Å². The van der Waals surface area contributed by atoms with Gasteiger partial charge in [-0.3, -0.25) is 20.4 Å². The van der Waals surface area contributed by atoms with Crippen molar-refractivity contribution in [2.24, 2.45) is 0 Å². The zero-order chi connectivity index (χ0) is 20.1. The van der Waals surface area contributed by atoms with Crippen LogP contribution in [-0.4, -0.2) is 28.7 Å². The molecule has 0 aliphatic rings. The molecule has 1 heterocycles. The fraction of sp³-hybridized carbons (Fsp3) is 0.250. The average molecular weight is 416 g/mol. The highest BCUT2D eigenvalue weighted by atomic mass is 32.2. The quantitative estimate of drug-likeness (QED) is 0.475. The Morgan fingerprint density at radius 2 is 1.93 bits per heavy atom. The SMILES string of the molecule is Cc1cccc(OC(C)C(=O)NNC(=O)CSc2nc3ccccc3s2)c1C. The standard InChI is InChI=1S/C20H21N3O3S2/c1-12-7-6-9-16(13(12)2)26-14(3)19(25)23-22-18(24)11-27-20-21-15-8-4-5-10-17(15)28-20/h4-10,14H,11H2,1-3H3,(H,22,24)(H,23,25). The number of nitrogens with zero attached hydrogens (tertiary/aromatic N) is 1. The van der Waals surface area contributed by atoms with Crippen LogP contribution >= 0.6 is 23.1 Å². The first kappa shape index (κ1) is 20.2. The number of nitrogens with one attached hydrogen (secondary N) is 2. The van der Waals surface area contributed by atoms with Crippen LogP contribution in [0.15, 0.2) is 46.8 Å². The minimum absolute atomic E-state index is 0.159. The summed E-state index contributed by atoms with van der Waals surface area (Å²) in [6.45, 7) is 5.56. The van der Waals surface area contributed by atoms with Crippen LogP contribution in [-0.2, 0) is 9.59 Å². The van der Waals surface area contributed by atoms with Gasteiger partial charge < -0.3 is 4.74 Å². The first-order chi connectivity index (χ1) is 13.4. The van der Waals surface area contributed by atoms with Crippen LogP contribution in [0.4, 0.5) is 0 Å². The highest BCUT2D eigenvalue weighted by molar-refractivity contribution is 8.01. The Hall–Kier alpha value is -2.58. The first-order valence-electron chi connectivity index (χ1n) is 8.74. The summed E-state index contributed by atoms with van der Waals surface area (Å²) in [6.07, 6.45) is -0.738. The Balaban J connectivity index is 1.45. The van der Waals surface area contributed by atoms with Crippen LogP contribution < -0.4 is 15.6 Å². The fourth-order valence-corrected chi connectivity index (χ4v) is 4.27. The number of thiazole rings is 1. The Morgan fingerprint density at radius 1 is 1.14 bits per heavy atom. The molecule has 0 aliphatic carbocycles. The molecular formula is C20H21N3O3S2. The first-order valence-corrected chi connectivity index (χ1v) is 10.5. The van der Waals surface area contributed by atoms with E-state index in [0.29, 0.717) is 5.75 Å². The monoisotopic (exact) mass is 415 g/mol. The van der Waals surface area contributed by atoms with E-state index in [2.05, 4.69) is 15.8 Å². The highest BCUT2D eigenvalue weighted by Gasteiger charge is 2.17. The van der Waals surface area contributed by atoms with Crippen LogP contribution in [0.25, 0.3) is 10.2 Å². The number of hydrogen-bond acceptors (Lipinski definition) is 6. The van der Waals surface area contributed by atoms with Crippen molar-refractivity contribution in [2.45, 2.75) is 31.2 Å². The van der Waals surface area contributed by atoms with Gasteiger partial charge in [-0.05, 0) is 50.1 Å². The number of ether oxygens (including phenoxy) is 1. The average Bonchev–Trinajstić information content (AvgIpc) is 3.11. The lowest BCUT2D eigenvalue weighted by atomic mass is 10.1. The van der Waals surface area contributed by atoms with Gasteiger partial charge in [0, 0.05) is 0 Å². The molecule has 0 spiro atoms. The summed E-state index contributed by atoms with van der Waals surface area (Å²) < 4.78 is 7.60. The van der Waals surface area contributed by atoms with E-state index in [9.17, 15) is 9.59 Å². The van der Waals surface area contributed by atoms with E-state index >= 15 is 0 Å². The summed E-state index contributed by atoms with van der Waals surface area (Å²) in [5.41, 5.74) is 7.81. The predicted octanol–water partition coefficient (Wildman–Crippen LogP) is 3.62. The molecule has 0 saturated carbocycles. The number of amides is 2. The molecule has 3 aromatic rings. The molecule has 1 unspecified atom stereocenters. The molecule has 2 amide bonds. The second-order valence-electron chi connectivity index (χ2n) is 6.23. The zero-order valence-corrected chi connectivity index (χ0v) is 17.4. The van der Waals surface area contributed by atoms with Crippen molar-refractivity contribution in [2.75, 3.05) is 5.75 Å². The number of rotatable bonds is 6. The van der Waals surface area contributed by atoms with Gasteiger partial charge in [0.05, 0.1) is 16.0 Å². The molecule has 0 saturated heterocycles. The Labute approximate surface area is 171 Å². The van der Waals surface area contributed by atoms with Crippen molar-refractivity contribution in [1.82, 2.24) is 15.8 Å². The molecular weight excluding hydrogens is 394 g/mol. The fourth-order valence-electron chi connectivity index (χ4n) is 2.40. The molecule has 2 aromatic carbocycles. The van der Waals surface area contributed by atoms with Gasteiger partial charge in [-0.25, -0.2) is 4.98 Å². The van der Waals surface area contributed by atoms with Gasteiger partial charge in [-0.15, -0.1) is 11.3 Å². The Bertz CT molecular complexity index is 970. The lowest BCUT2D eigenvalue weighted by Crippen LogP contribution is -2.47. The molecule has 0 fully saturated rings. The van der Waals surface area contributed by atoms with Crippen LogP contribution in [0.3, 0.4) is 0 Å². The number of thioether (sulfide) groups is 1. The molecule has 1 aromatic heterocycles. The summed E-state index contributed by atoms with van der Waals surface area (Å²) in [6, 6.07) is 13.5. The number of aryl methyl sites for hydroxylation is 1. The van der Waals surface area contributed by atoms with E-state index in [-0.39, 0.29) is 11.7 Å². The summed E-state index contributed by atoms with van der Waals surface area (Å²) >= 11 is 2.87. The normalized spacial score (nSPS) is 11.8. The largest absolute Gasteiger partial charge is 0.481 e. The number of carbonyl (C=O) groups is 2. The van der Waals surface area contributed by atoms with Crippen molar-refractivity contribution in [3.63, 3.8) is 0 Å². The van der Waals surface area contributed by atoms with Crippen molar-refractivity contribution >= 4 is 45.1 Å². The van der Waals surface area contributed by atoms with Crippen molar-refractivity contribution in [3.05, 3.63) is 53.6 Å². The van der Waals surface area contributed by atoms with Gasteiger partial charge in [0.15, 0.2) is 10.4 Å². The molecule has 28 heavy (non-hydrogen) atoms. The van der Waals surface area contributed by atoms with Crippen LogP contribution in [0.5, 0.6) is 5.75 Å². The predicted molar refractivity (Wildman–Crippen MR) is 113 cm³/mol. The third-order valence-electron chi connectivity index (χ3n) is 4.15. The number of hydrazine groups is 1. The minimum Gasteiger partial charge on any atom is -0.481 e. The maximum absolute atomic E-state index is 12.2. The van der Waals surface area contributed by atoms with Crippen LogP contribution in [0.1, 0.15) is 18.1 Å². The molecule has 1 atom stereocenters. The van der Waals surface area contributed by atoms with Crippen LogP contribution in [0.2, 0.25) is 0 Å². The second kappa shape index (κ2) is 9.07. The number of fused-ring (bicyclic) bond motifs is 1. The smallest absolute Gasteiger partial charge is 0.279 e. The number of para-hydroxylation sites is 1. The Kier molecular flexibility index (Phi) is 6.53. The summed E-state index contributed by atoms with van der Waals surface area (Å²) in [5, 5.41) is 0. The summed E-state index contributed by atoms with van der Waals surface area (Å²) in [7, 11) is 0. The van der Waals surface area contributed by atoms with Gasteiger partial charge in [0.1, 0.15) is 5.75 Å². The third-order valence-corrected chi connectivity index (χ3v) is 6.33. The van der Waals surface area contributed by atoms with E-state index in [1.165, 1.54) is 23.1 Å². The van der Waals surface area contributed by atoms with Gasteiger partial charge in [0.25, 0.3) is 5.91 Å². The number of aromatic nitrogens is 1.